The number of benzene rings is 4. The highest BCUT2D eigenvalue weighted by Crippen LogP contribution is 2.34. The minimum Gasteiger partial charge on any atom is -0.493 e. The highest BCUT2D eigenvalue weighted by molar-refractivity contribution is 14.1. The van der Waals surface area contributed by atoms with Crippen molar-refractivity contribution in [3.8, 4) is 11.5 Å². The molecular weight excluding hydrogens is 595 g/mol. The SMILES string of the molecule is COc1cc(/C=N\NC(=O)c2ccc3ccccc3c2)cc(I)c1OCc1ccc(Br)cc1. The van der Waals surface area contributed by atoms with Gasteiger partial charge in [0.05, 0.1) is 16.9 Å². The van der Waals surface area contributed by atoms with Gasteiger partial charge in [-0.25, -0.2) is 5.43 Å². The number of rotatable bonds is 7. The van der Waals surface area contributed by atoms with E-state index in [1.807, 2.05) is 72.8 Å². The number of carbonyl (C=O) groups excluding carboxylic acids is 1. The van der Waals surface area contributed by atoms with Crippen molar-refractivity contribution in [2.75, 3.05) is 7.11 Å². The summed E-state index contributed by atoms with van der Waals surface area (Å²) in [6.45, 7) is 0.425. The number of methoxy groups -OCH3 is 1. The molecule has 0 saturated heterocycles. The molecule has 0 bridgehead atoms. The van der Waals surface area contributed by atoms with E-state index in [1.165, 1.54) is 0 Å². The van der Waals surface area contributed by atoms with Crippen molar-refractivity contribution in [3.63, 3.8) is 0 Å². The molecule has 0 unspecified atom stereocenters. The Hall–Kier alpha value is -2.91. The third kappa shape index (κ3) is 5.91. The van der Waals surface area contributed by atoms with Crippen LogP contribution >= 0.6 is 38.5 Å². The van der Waals surface area contributed by atoms with Gasteiger partial charge in [-0.2, -0.15) is 5.10 Å². The zero-order valence-corrected chi connectivity index (χ0v) is 21.5. The number of halogens is 2. The summed E-state index contributed by atoms with van der Waals surface area (Å²) in [5, 5.41) is 6.21. The molecule has 0 atom stereocenters. The molecule has 33 heavy (non-hydrogen) atoms. The van der Waals surface area contributed by atoms with E-state index in [-0.39, 0.29) is 5.91 Å². The summed E-state index contributed by atoms with van der Waals surface area (Å²) in [4.78, 5) is 12.5. The predicted octanol–water partition coefficient (Wildman–Crippen LogP) is 6.56. The highest BCUT2D eigenvalue weighted by atomic mass is 127. The first-order valence-electron chi connectivity index (χ1n) is 10.1. The third-order valence-electron chi connectivity index (χ3n) is 4.94. The standard InChI is InChI=1S/C26H20BrIN2O3/c1-32-24-13-18(12-23(28)25(24)33-16-17-6-10-22(27)11-7-17)15-29-30-26(31)21-9-8-19-4-2-3-5-20(19)14-21/h2-15H,16H2,1H3,(H,30,31)/b29-15-. The van der Waals surface area contributed by atoms with E-state index in [0.29, 0.717) is 23.7 Å². The van der Waals surface area contributed by atoms with Gasteiger partial charge in [-0.3, -0.25) is 4.79 Å². The number of hydrogen-bond donors (Lipinski definition) is 1. The molecule has 4 aromatic rings. The van der Waals surface area contributed by atoms with Gasteiger partial charge < -0.3 is 9.47 Å². The van der Waals surface area contributed by atoms with E-state index in [4.69, 9.17) is 9.47 Å². The Morgan fingerprint density at radius 2 is 1.79 bits per heavy atom. The average molecular weight is 615 g/mol. The maximum absolute atomic E-state index is 12.5. The van der Waals surface area contributed by atoms with Gasteiger partial charge in [0.2, 0.25) is 0 Å². The maximum Gasteiger partial charge on any atom is 0.271 e. The largest absolute Gasteiger partial charge is 0.493 e. The van der Waals surface area contributed by atoms with E-state index >= 15 is 0 Å². The lowest BCUT2D eigenvalue weighted by Gasteiger charge is -2.13. The van der Waals surface area contributed by atoms with Gasteiger partial charge in [0.25, 0.3) is 5.91 Å². The first-order chi connectivity index (χ1) is 16.0. The minimum absolute atomic E-state index is 0.270. The molecule has 0 aliphatic heterocycles. The number of carbonyl (C=O) groups is 1. The van der Waals surface area contributed by atoms with Gasteiger partial charge in [-0.15, -0.1) is 0 Å². The monoisotopic (exact) mass is 614 g/mol. The summed E-state index contributed by atoms with van der Waals surface area (Å²) < 4.78 is 13.4. The van der Waals surface area contributed by atoms with Crippen LogP contribution in [-0.4, -0.2) is 19.2 Å². The van der Waals surface area contributed by atoms with Crippen LogP contribution in [0.4, 0.5) is 0 Å². The summed E-state index contributed by atoms with van der Waals surface area (Å²) in [6.07, 6.45) is 1.59. The fourth-order valence-corrected chi connectivity index (χ4v) is 4.30. The molecule has 0 aliphatic carbocycles. The maximum atomic E-state index is 12.5. The van der Waals surface area contributed by atoms with Crippen LogP contribution < -0.4 is 14.9 Å². The van der Waals surface area contributed by atoms with Crippen LogP contribution in [-0.2, 0) is 6.61 Å². The van der Waals surface area contributed by atoms with E-state index in [0.717, 1.165) is 29.9 Å². The normalized spacial score (nSPS) is 11.0. The highest BCUT2D eigenvalue weighted by Gasteiger charge is 2.12. The van der Waals surface area contributed by atoms with Gasteiger partial charge in [0.1, 0.15) is 6.61 Å². The number of hydrazone groups is 1. The fourth-order valence-electron chi connectivity index (χ4n) is 3.25. The Kier molecular flexibility index (Phi) is 7.61. The molecule has 1 amide bonds. The van der Waals surface area contributed by atoms with Gasteiger partial charge in [-0.1, -0.05) is 58.4 Å². The second-order valence-corrected chi connectivity index (χ2v) is 9.29. The molecule has 0 radical (unpaired) electrons. The number of ether oxygens (including phenoxy) is 2. The summed E-state index contributed by atoms with van der Waals surface area (Å²) in [5.74, 6) is 0.993. The van der Waals surface area contributed by atoms with Crippen LogP contribution in [0, 0.1) is 3.57 Å². The first kappa shape index (κ1) is 23.3. The quantitative estimate of drug-likeness (QED) is 0.146. The Morgan fingerprint density at radius 1 is 1.03 bits per heavy atom. The lowest BCUT2D eigenvalue weighted by atomic mass is 10.1. The molecule has 5 nitrogen and oxygen atoms in total. The van der Waals surface area contributed by atoms with Crippen molar-refractivity contribution in [1.82, 2.24) is 5.43 Å². The second kappa shape index (κ2) is 10.8. The summed E-state index contributed by atoms with van der Waals surface area (Å²) in [5.41, 5.74) is 4.97. The molecule has 7 heteroatoms. The Balaban J connectivity index is 1.44. The Labute approximate surface area is 214 Å². The number of nitrogens with zero attached hydrogens (tertiary/aromatic N) is 1. The van der Waals surface area contributed by atoms with Crippen LogP contribution in [0.2, 0.25) is 0 Å². The van der Waals surface area contributed by atoms with E-state index in [2.05, 4.69) is 49.0 Å². The summed E-state index contributed by atoms with van der Waals surface area (Å²) >= 11 is 5.64. The molecular formula is C26H20BrIN2O3. The zero-order chi connectivity index (χ0) is 23.2. The fraction of sp³-hybridized carbons (Fsp3) is 0.0769. The molecule has 0 aliphatic rings. The number of nitrogens with one attached hydrogen (secondary N) is 1. The van der Waals surface area contributed by atoms with Crippen molar-refractivity contribution in [2.45, 2.75) is 6.61 Å². The van der Waals surface area contributed by atoms with Crippen LogP contribution in [0.25, 0.3) is 10.8 Å². The smallest absolute Gasteiger partial charge is 0.271 e. The van der Waals surface area contributed by atoms with Crippen molar-refractivity contribution in [3.05, 3.63) is 104 Å². The Morgan fingerprint density at radius 3 is 2.55 bits per heavy atom. The van der Waals surface area contributed by atoms with E-state index in [1.54, 1.807) is 19.4 Å². The molecule has 0 fully saturated rings. The summed E-state index contributed by atoms with van der Waals surface area (Å²) in [7, 11) is 1.60. The van der Waals surface area contributed by atoms with E-state index < -0.39 is 0 Å². The van der Waals surface area contributed by atoms with Crippen molar-refractivity contribution in [1.29, 1.82) is 0 Å². The molecule has 166 valence electrons. The Bertz CT molecular complexity index is 1320. The minimum atomic E-state index is -0.270. The predicted molar refractivity (Wildman–Crippen MR) is 143 cm³/mol. The zero-order valence-electron chi connectivity index (χ0n) is 17.7. The second-order valence-electron chi connectivity index (χ2n) is 7.21. The first-order valence-corrected chi connectivity index (χ1v) is 12.0. The van der Waals surface area contributed by atoms with Gasteiger partial charge in [0, 0.05) is 10.0 Å². The van der Waals surface area contributed by atoms with Crippen molar-refractivity contribution >= 4 is 61.4 Å². The van der Waals surface area contributed by atoms with Gasteiger partial charge in [0.15, 0.2) is 11.5 Å². The molecule has 0 spiro atoms. The molecule has 4 rings (SSSR count). The molecule has 4 aromatic carbocycles. The van der Waals surface area contributed by atoms with Crippen LogP contribution in [0.3, 0.4) is 0 Å². The third-order valence-corrected chi connectivity index (χ3v) is 6.27. The molecule has 0 heterocycles. The van der Waals surface area contributed by atoms with E-state index in [9.17, 15) is 4.79 Å². The van der Waals surface area contributed by atoms with Crippen LogP contribution in [0.1, 0.15) is 21.5 Å². The number of fused-ring (bicyclic) bond motifs is 1. The molecule has 0 saturated carbocycles. The van der Waals surface area contributed by atoms with Crippen LogP contribution in [0.15, 0.2) is 88.4 Å². The molecule has 0 aromatic heterocycles. The van der Waals surface area contributed by atoms with Gasteiger partial charge >= 0.3 is 0 Å². The number of hydrogen-bond acceptors (Lipinski definition) is 4. The molecule has 1 N–H and O–H groups in total. The van der Waals surface area contributed by atoms with Gasteiger partial charge in [-0.05, 0) is 80.9 Å². The lowest BCUT2D eigenvalue weighted by Crippen LogP contribution is -2.17. The average Bonchev–Trinajstić information content (AvgIpc) is 2.83. The van der Waals surface area contributed by atoms with Crippen molar-refractivity contribution in [2.24, 2.45) is 5.10 Å². The topological polar surface area (TPSA) is 59.9 Å². The lowest BCUT2D eigenvalue weighted by molar-refractivity contribution is 0.0955. The number of amides is 1. The van der Waals surface area contributed by atoms with Crippen molar-refractivity contribution < 1.29 is 14.3 Å². The van der Waals surface area contributed by atoms with Crippen LogP contribution in [0.5, 0.6) is 11.5 Å². The summed E-state index contributed by atoms with van der Waals surface area (Å²) in [6, 6.07) is 25.2.